The van der Waals surface area contributed by atoms with Crippen molar-refractivity contribution < 1.29 is 8.42 Å². The van der Waals surface area contributed by atoms with Gasteiger partial charge in [-0.2, -0.15) is 0 Å². The van der Waals surface area contributed by atoms with Gasteiger partial charge >= 0.3 is 0 Å². The molecule has 1 atom stereocenters. The number of benzene rings is 1. The first-order valence-corrected chi connectivity index (χ1v) is 8.31. The molecule has 1 aromatic carbocycles. The lowest BCUT2D eigenvalue weighted by atomic mass is 10.1. The summed E-state index contributed by atoms with van der Waals surface area (Å²) >= 11 is 0. The van der Waals surface area contributed by atoms with Gasteiger partial charge in [-0.15, -0.1) is 0 Å². The number of rotatable bonds is 5. The zero-order valence-corrected chi connectivity index (χ0v) is 12.4. The Kier molecular flexibility index (Phi) is 4.60. The van der Waals surface area contributed by atoms with Crippen LogP contribution in [-0.2, 0) is 15.8 Å². The highest BCUT2D eigenvalue weighted by Gasteiger charge is 2.21. The molecule has 106 valence electrons. The molecule has 1 N–H and O–H groups in total. The molecule has 1 fully saturated rings. The molecule has 0 aliphatic carbocycles. The monoisotopic (exact) mass is 282 g/mol. The van der Waals surface area contributed by atoms with Gasteiger partial charge in [0, 0.05) is 13.1 Å². The predicted molar refractivity (Wildman–Crippen MR) is 77.4 cm³/mol. The minimum atomic E-state index is -3.22. The first kappa shape index (κ1) is 14.5. The van der Waals surface area contributed by atoms with Crippen LogP contribution in [-0.4, -0.2) is 40.0 Å². The molecule has 0 bridgehead atoms. The Hall–Kier alpha value is -0.910. The van der Waals surface area contributed by atoms with E-state index in [-0.39, 0.29) is 5.75 Å². The Morgan fingerprint density at radius 3 is 2.84 bits per heavy atom. The topological polar surface area (TPSA) is 49.4 Å². The van der Waals surface area contributed by atoms with Gasteiger partial charge < -0.3 is 4.90 Å². The van der Waals surface area contributed by atoms with Crippen LogP contribution in [0.4, 0.5) is 0 Å². The van der Waals surface area contributed by atoms with Crippen molar-refractivity contribution in [2.75, 3.05) is 26.7 Å². The summed E-state index contributed by atoms with van der Waals surface area (Å²) in [7, 11) is -1.15. The molecule has 4 nitrogen and oxygen atoms in total. The van der Waals surface area contributed by atoms with Gasteiger partial charge in [-0.05, 0) is 38.4 Å². The second-order valence-corrected chi connectivity index (χ2v) is 7.32. The maximum Gasteiger partial charge on any atom is 0.215 e. The van der Waals surface area contributed by atoms with Gasteiger partial charge in [0.25, 0.3) is 0 Å². The summed E-state index contributed by atoms with van der Waals surface area (Å²) in [6.07, 6.45) is 1.07. The average Bonchev–Trinajstić information content (AvgIpc) is 2.72. The number of hydrogen-bond acceptors (Lipinski definition) is 3. The predicted octanol–water partition coefficient (Wildman–Crippen LogP) is 1.37. The van der Waals surface area contributed by atoms with Gasteiger partial charge in [0.15, 0.2) is 0 Å². The van der Waals surface area contributed by atoms with E-state index in [0.29, 0.717) is 12.5 Å². The molecule has 1 saturated heterocycles. The summed E-state index contributed by atoms with van der Waals surface area (Å²) < 4.78 is 26.8. The normalized spacial score (nSPS) is 20.8. The molecule has 1 heterocycles. The first-order valence-electron chi connectivity index (χ1n) is 6.66. The number of sulfonamides is 1. The van der Waals surface area contributed by atoms with Crippen molar-refractivity contribution in [1.29, 1.82) is 0 Å². The highest BCUT2D eigenvalue weighted by Crippen LogP contribution is 2.14. The zero-order chi connectivity index (χ0) is 13.9. The Morgan fingerprint density at radius 1 is 1.42 bits per heavy atom. The molecule has 1 aromatic rings. The molecule has 0 aromatic heterocycles. The zero-order valence-electron chi connectivity index (χ0n) is 11.6. The van der Waals surface area contributed by atoms with Crippen LogP contribution in [0.1, 0.15) is 17.5 Å². The lowest BCUT2D eigenvalue weighted by Crippen LogP contribution is -2.31. The van der Waals surface area contributed by atoms with Crippen LogP contribution in [0.25, 0.3) is 0 Å². The molecule has 2 rings (SSSR count). The van der Waals surface area contributed by atoms with Crippen molar-refractivity contribution in [1.82, 2.24) is 9.62 Å². The quantitative estimate of drug-likeness (QED) is 0.887. The standard InChI is InChI=1S/C14H22N2O2S/c1-12-4-3-5-13(8-12)11-19(17,18)15-9-14-6-7-16(2)10-14/h3-5,8,14-15H,6-7,9-11H2,1-2H3. The van der Waals surface area contributed by atoms with Crippen molar-refractivity contribution in [2.45, 2.75) is 19.1 Å². The van der Waals surface area contributed by atoms with Gasteiger partial charge in [0.05, 0.1) is 5.75 Å². The maximum absolute atomic E-state index is 12.0. The van der Waals surface area contributed by atoms with E-state index in [1.54, 1.807) is 0 Å². The number of aryl methyl sites for hydroxylation is 1. The molecule has 1 aliphatic rings. The Morgan fingerprint density at radius 2 is 2.21 bits per heavy atom. The van der Waals surface area contributed by atoms with E-state index in [9.17, 15) is 8.42 Å². The van der Waals surface area contributed by atoms with Crippen molar-refractivity contribution in [3.63, 3.8) is 0 Å². The smallest absolute Gasteiger partial charge is 0.215 e. The number of nitrogens with zero attached hydrogens (tertiary/aromatic N) is 1. The second-order valence-electron chi connectivity index (χ2n) is 5.51. The molecule has 0 saturated carbocycles. The Labute approximate surface area is 115 Å². The lowest BCUT2D eigenvalue weighted by molar-refractivity contribution is 0.394. The minimum Gasteiger partial charge on any atom is -0.306 e. The molecule has 0 radical (unpaired) electrons. The summed E-state index contributed by atoms with van der Waals surface area (Å²) in [5.41, 5.74) is 1.93. The number of nitrogens with one attached hydrogen (secondary N) is 1. The van der Waals surface area contributed by atoms with Crippen molar-refractivity contribution in [3.8, 4) is 0 Å². The van der Waals surface area contributed by atoms with Gasteiger partial charge in [-0.1, -0.05) is 29.8 Å². The van der Waals surface area contributed by atoms with Crippen LogP contribution in [0.15, 0.2) is 24.3 Å². The molecule has 19 heavy (non-hydrogen) atoms. The van der Waals surface area contributed by atoms with Gasteiger partial charge in [-0.25, -0.2) is 13.1 Å². The molecular formula is C14H22N2O2S. The van der Waals surface area contributed by atoms with Gasteiger partial charge in [0.2, 0.25) is 10.0 Å². The van der Waals surface area contributed by atoms with E-state index in [0.717, 1.165) is 30.6 Å². The number of likely N-dealkylation sites (tertiary alicyclic amines) is 1. The van der Waals surface area contributed by atoms with E-state index < -0.39 is 10.0 Å². The summed E-state index contributed by atoms with van der Waals surface area (Å²) in [4.78, 5) is 2.24. The molecular weight excluding hydrogens is 260 g/mol. The van der Waals surface area contributed by atoms with Crippen LogP contribution in [0, 0.1) is 12.8 Å². The SMILES string of the molecule is Cc1cccc(CS(=O)(=O)NCC2CCN(C)C2)c1. The van der Waals surface area contributed by atoms with E-state index >= 15 is 0 Å². The molecule has 0 spiro atoms. The van der Waals surface area contributed by atoms with Crippen LogP contribution in [0.5, 0.6) is 0 Å². The molecule has 1 unspecified atom stereocenters. The third-order valence-corrected chi connectivity index (χ3v) is 4.84. The fraction of sp³-hybridized carbons (Fsp3) is 0.571. The fourth-order valence-electron chi connectivity index (χ4n) is 2.51. The summed E-state index contributed by atoms with van der Waals surface area (Å²) in [6, 6.07) is 7.64. The number of hydrogen-bond donors (Lipinski definition) is 1. The van der Waals surface area contributed by atoms with Gasteiger partial charge in [0.1, 0.15) is 0 Å². The van der Waals surface area contributed by atoms with Crippen molar-refractivity contribution >= 4 is 10.0 Å². The largest absolute Gasteiger partial charge is 0.306 e. The maximum atomic E-state index is 12.0. The lowest BCUT2D eigenvalue weighted by Gasteiger charge is -2.12. The fourth-order valence-corrected chi connectivity index (χ4v) is 3.72. The van der Waals surface area contributed by atoms with Crippen molar-refractivity contribution in [2.24, 2.45) is 5.92 Å². The van der Waals surface area contributed by atoms with E-state index in [1.807, 2.05) is 31.2 Å². The van der Waals surface area contributed by atoms with Crippen LogP contribution in [0.2, 0.25) is 0 Å². The van der Waals surface area contributed by atoms with Crippen LogP contribution >= 0.6 is 0 Å². The van der Waals surface area contributed by atoms with Crippen LogP contribution in [0.3, 0.4) is 0 Å². The Balaban J connectivity index is 1.88. The molecule has 0 amide bonds. The van der Waals surface area contributed by atoms with Gasteiger partial charge in [-0.3, -0.25) is 0 Å². The third kappa shape index (κ3) is 4.60. The average molecular weight is 282 g/mol. The molecule has 1 aliphatic heterocycles. The van der Waals surface area contributed by atoms with Crippen LogP contribution < -0.4 is 4.72 Å². The highest BCUT2D eigenvalue weighted by molar-refractivity contribution is 7.88. The third-order valence-electron chi connectivity index (χ3n) is 3.52. The summed E-state index contributed by atoms with van der Waals surface area (Å²) in [5, 5.41) is 0. The second kappa shape index (κ2) is 6.03. The van der Waals surface area contributed by atoms with E-state index in [2.05, 4.69) is 16.7 Å². The summed E-state index contributed by atoms with van der Waals surface area (Å²) in [6.45, 7) is 4.56. The first-order chi connectivity index (χ1) is 8.94. The van der Waals surface area contributed by atoms with Crippen molar-refractivity contribution in [3.05, 3.63) is 35.4 Å². The minimum absolute atomic E-state index is 0.0667. The Bertz CT molecular complexity index is 528. The molecule has 5 heteroatoms. The summed E-state index contributed by atoms with van der Waals surface area (Å²) in [5.74, 6) is 0.509. The highest BCUT2D eigenvalue weighted by atomic mass is 32.2. The van der Waals surface area contributed by atoms with E-state index in [4.69, 9.17) is 0 Å². The van der Waals surface area contributed by atoms with E-state index in [1.165, 1.54) is 0 Å².